The SMILES string of the molecule is CC[C@H]1CN(C(=O)C2CCN(S(=O)(=O)c3c(C)noc3/C=C/c3ccc(C)cc3)CC2)c2ccccc2S1. The van der Waals surface area contributed by atoms with Crippen molar-refractivity contribution < 1.29 is 17.7 Å². The van der Waals surface area contributed by atoms with Crippen molar-refractivity contribution in [1.82, 2.24) is 9.46 Å². The molecule has 1 atom stereocenters. The monoisotopic (exact) mass is 551 g/mol. The third kappa shape index (κ3) is 5.32. The van der Waals surface area contributed by atoms with Gasteiger partial charge < -0.3 is 9.42 Å². The van der Waals surface area contributed by atoms with Gasteiger partial charge in [-0.1, -0.05) is 60.1 Å². The number of piperidine rings is 1. The van der Waals surface area contributed by atoms with Gasteiger partial charge in [-0.2, -0.15) is 4.31 Å². The molecule has 2 aliphatic heterocycles. The molecule has 3 aromatic rings. The van der Waals surface area contributed by atoms with Crippen molar-refractivity contribution in [2.24, 2.45) is 5.92 Å². The Bertz CT molecular complexity index is 1440. The minimum atomic E-state index is -3.83. The summed E-state index contributed by atoms with van der Waals surface area (Å²) in [6.07, 6.45) is 5.43. The van der Waals surface area contributed by atoms with Crippen molar-refractivity contribution in [3.8, 4) is 0 Å². The number of carbonyl (C=O) groups excluding carboxylic acids is 1. The highest BCUT2D eigenvalue weighted by Crippen LogP contribution is 2.41. The second-order valence-electron chi connectivity index (χ2n) is 9.95. The maximum absolute atomic E-state index is 13.7. The number of sulfonamides is 1. The maximum Gasteiger partial charge on any atom is 0.248 e. The van der Waals surface area contributed by atoms with E-state index >= 15 is 0 Å². The zero-order valence-electron chi connectivity index (χ0n) is 22.0. The van der Waals surface area contributed by atoms with Crippen molar-refractivity contribution in [3.63, 3.8) is 0 Å². The third-order valence-corrected chi connectivity index (χ3v) is 10.8. The van der Waals surface area contributed by atoms with Crippen LogP contribution in [0, 0.1) is 19.8 Å². The van der Waals surface area contributed by atoms with E-state index in [1.165, 1.54) is 4.31 Å². The van der Waals surface area contributed by atoms with Gasteiger partial charge in [0.1, 0.15) is 5.69 Å². The fourth-order valence-electron chi connectivity index (χ4n) is 5.06. The van der Waals surface area contributed by atoms with Gasteiger partial charge in [0.2, 0.25) is 15.9 Å². The van der Waals surface area contributed by atoms with Crippen molar-refractivity contribution in [1.29, 1.82) is 0 Å². The van der Waals surface area contributed by atoms with Gasteiger partial charge in [-0.3, -0.25) is 4.79 Å². The van der Waals surface area contributed by atoms with Crippen LogP contribution in [0.1, 0.15) is 48.8 Å². The number of rotatable bonds is 6. The highest BCUT2D eigenvalue weighted by Gasteiger charge is 2.38. The number of nitrogens with zero attached hydrogens (tertiary/aromatic N) is 3. The van der Waals surface area contributed by atoms with Crippen LogP contribution in [0.25, 0.3) is 12.2 Å². The molecule has 0 unspecified atom stereocenters. The molecule has 0 N–H and O–H groups in total. The number of fused-ring (bicyclic) bond motifs is 1. The predicted molar refractivity (Wildman–Crippen MR) is 152 cm³/mol. The molecule has 3 heterocycles. The molecule has 1 fully saturated rings. The van der Waals surface area contributed by atoms with Crippen molar-refractivity contribution in [3.05, 3.63) is 71.1 Å². The Hall–Kier alpha value is -2.88. The predicted octanol–water partition coefficient (Wildman–Crippen LogP) is 5.78. The second kappa shape index (κ2) is 11.1. The Balaban J connectivity index is 1.30. The van der Waals surface area contributed by atoms with Gasteiger partial charge in [0.15, 0.2) is 10.7 Å². The molecule has 9 heteroatoms. The molecule has 1 saturated heterocycles. The van der Waals surface area contributed by atoms with Crippen LogP contribution in [0.4, 0.5) is 5.69 Å². The molecule has 0 bridgehead atoms. The molecule has 1 amide bonds. The summed E-state index contributed by atoms with van der Waals surface area (Å²) in [7, 11) is -3.83. The lowest BCUT2D eigenvalue weighted by molar-refractivity contribution is -0.123. The van der Waals surface area contributed by atoms with Gasteiger partial charge >= 0.3 is 0 Å². The number of aryl methyl sites for hydroxylation is 2. The first-order valence-corrected chi connectivity index (χ1v) is 15.4. The molecule has 0 saturated carbocycles. The van der Waals surface area contributed by atoms with Gasteiger partial charge in [0.25, 0.3) is 0 Å². The van der Waals surface area contributed by atoms with Crippen molar-refractivity contribution in [2.75, 3.05) is 24.5 Å². The number of hydrogen-bond acceptors (Lipinski definition) is 6. The van der Waals surface area contributed by atoms with Crippen LogP contribution >= 0.6 is 11.8 Å². The van der Waals surface area contributed by atoms with Crippen LogP contribution in [0.5, 0.6) is 0 Å². The molecule has 0 spiro atoms. The number of amides is 1. The summed E-state index contributed by atoms with van der Waals surface area (Å²) in [4.78, 5) is 16.8. The topological polar surface area (TPSA) is 83.7 Å². The van der Waals surface area contributed by atoms with Gasteiger partial charge in [-0.15, -0.1) is 11.8 Å². The van der Waals surface area contributed by atoms with Crippen LogP contribution < -0.4 is 4.90 Å². The standard InChI is InChI=1S/C29H33N3O4S2/c1-4-24-19-32(25-7-5-6-8-27(25)37-24)29(33)23-15-17-31(18-16-23)38(34,35)28-21(3)30-36-26(28)14-13-22-11-9-20(2)10-12-22/h5-14,23-24H,4,15-19H2,1-3H3/b14-13+/t24-/m0/s1. The number of carbonyl (C=O) groups is 1. The largest absolute Gasteiger partial charge is 0.355 e. The summed E-state index contributed by atoms with van der Waals surface area (Å²) < 4.78 is 34.2. The smallest absolute Gasteiger partial charge is 0.248 e. The van der Waals surface area contributed by atoms with E-state index in [1.54, 1.807) is 13.0 Å². The Labute approximate surface area is 228 Å². The van der Waals surface area contributed by atoms with Crippen LogP contribution in [-0.4, -0.2) is 48.7 Å². The molecule has 200 valence electrons. The van der Waals surface area contributed by atoms with Gasteiger partial charge in [-0.05, 0) is 56.9 Å². The number of anilines is 1. The third-order valence-electron chi connectivity index (χ3n) is 7.30. The quantitative estimate of drug-likeness (QED) is 0.386. The molecule has 2 aliphatic rings. The molecule has 0 radical (unpaired) electrons. The lowest BCUT2D eigenvalue weighted by Gasteiger charge is -2.38. The first-order chi connectivity index (χ1) is 18.3. The number of hydrogen-bond donors (Lipinski definition) is 0. The Kier molecular flexibility index (Phi) is 7.79. The fraction of sp³-hybridized carbons (Fsp3) is 0.379. The normalized spacial score (nSPS) is 19.1. The number of benzene rings is 2. The van der Waals surface area contributed by atoms with Crippen LogP contribution in [0.2, 0.25) is 0 Å². The molecule has 1 aromatic heterocycles. The number of aromatic nitrogens is 1. The number of thioether (sulfide) groups is 1. The maximum atomic E-state index is 13.7. The first-order valence-electron chi connectivity index (χ1n) is 13.1. The van der Waals surface area contributed by atoms with Gasteiger partial charge in [0, 0.05) is 35.7 Å². The second-order valence-corrected chi connectivity index (χ2v) is 13.2. The minimum absolute atomic E-state index is 0.0936. The van der Waals surface area contributed by atoms with Crippen molar-refractivity contribution >= 4 is 45.5 Å². The van der Waals surface area contributed by atoms with Gasteiger partial charge in [-0.25, -0.2) is 8.42 Å². The Morgan fingerprint density at radius 2 is 1.79 bits per heavy atom. The van der Waals surface area contributed by atoms with E-state index in [0.717, 1.165) is 28.1 Å². The lowest BCUT2D eigenvalue weighted by Crippen LogP contribution is -2.47. The zero-order valence-corrected chi connectivity index (χ0v) is 23.6. The van der Waals surface area contributed by atoms with Gasteiger partial charge in [0.05, 0.1) is 5.69 Å². The molecular weight excluding hydrogens is 518 g/mol. The van der Waals surface area contributed by atoms with Crippen LogP contribution in [0.15, 0.2) is 62.8 Å². The molecular formula is C29H33N3O4S2. The summed E-state index contributed by atoms with van der Waals surface area (Å²) in [5.41, 5.74) is 3.39. The van der Waals surface area contributed by atoms with Crippen LogP contribution in [0.3, 0.4) is 0 Å². The highest BCUT2D eigenvalue weighted by molar-refractivity contribution is 8.00. The fourth-order valence-corrected chi connectivity index (χ4v) is 7.99. The molecule has 38 heavy (non-hydrogen) atoms. The minimum Gasteiger partial charge on any atom is -0.355 e. The lowest BCUT2D eigenvalue weighted by atomic mass is 9.96. The van der Waals surface area contributed by atoms with E-state index in [1.807, 2.05) is 72.1 Å². The van der Waals surface area contributed by atoms with E-state index < -0.39 is 10.0 Å². The summed E-state index contributed by atoms with van der Waals surface area (Å²) in [6.45, 7) is 7.06. The average Bonchev–Trinajstić information content (AvgIpc) is 3.32. The van der Waals surface area contributed by atoms with E-state index in [9.17, 15) is 13.2 Å². The Morgan fingerprint density at radius 1 is 1.08 bits per heavy atom. The first kappa shape index (κ1) is 26.7. The molecule has 7 nitrogen and oxygen atoms in total. The molecule has 2 aromatic carbocycles. The van der Waals surface area contributed by atoms with E-state index in [2.05, 4.69) is 18.1 Å². The zero-order chi connectivity index (χ0) is 26.9. The highest BCUT2D eigenvalue weighted by atomic mass is 32.2. The summed E-state index contributed by atoms with van der Waals surface area (Å²) in [5, 5.41) is 4.31. The van der Waals surface area contributed by atoms with E-state index in [4.69, 9.17) is 4.52 Å². The van der Waals surface area contributed by atoms with Crippen LogP contribution in [-0.2, 0) is 14.8 Å². The van der Waals surface area contributed by atoms with E-state index in [-0.39, 0.29) is 35.6 Å². The molecule has 0 aliphatic carbocycles. The average molecular weight is 552 g/mol. The molecule has 5 rings (SSSR count). The van der Waals surface area contributed by atoms with Crippen molar-refractivity contribution in [2.45, 2.75) is 55.1 Å². The van der Waals surface area contributed by atoms with E-state index in [0.29, 0.717) is 30.3 Å². The summed E-state index contributed by atoms with van der Waals surface area (Å²) >= 11 is 1.83. The Morgan fingerprint density at radius 3 is 2.50 bits per heavy atom. The number of para-hydroxylation sites is 1. The summed E-state index contributed by atoms with van der Waals surface area (Å²) in [6, 6.07) is 16.0. The summed E-state index contributed by atoms with van der Waals surface area (Å²) in [5.74, 6) is 0.102.